The number of hydrogen-bond donors (Lipinski definition) is 1. The lowest BCUT2D eigenvalue weighted by molar-refractivity contribution is 0.101. The molecule has 1 aromatic heterocycles. The van der Waals surface area contributed by atoms with Crippen LogP contribution in [-0.4, -0.2) is 40.3 Å². The fraction of sp³-hybridized carbons (Fsp3) is 0.450. The summed E-state index contributed by atoms with van der Waals surface area (Å²) in [5.74, 6) is 1.21. The van der Waals surface area contributed by atoms with Crippen molar-refractivity contribution in [2.24, 2.45) is 5.92 Å². The van der Waals surface area contributed by atoms with Gasteiger partial charge in [0.2, 0.25) is 5.95 Å². The second kappa shape index (κ2) is 7.74. The van der Waals surface area contributed by atoms with Crippen molar-refractivity contribution in [1.82, 2.24) is 14.9 Å². The molecule has 1 N–H and O–H groups in total. The molecular formula is C20H26N4O. The van der Waals surface area contributed by atoms with Crippen molar-refractivity contribution in [3.63, 3.8) is 0 Å². The number of aryl methyl sites for hydroxylation is 2. The molecule has 1 aliphatic rings. The highest BCUT2D eigenvalue weighted by atomic mass is 16.1. The predicted molar refractivity (Wildman–Crippen MR) is 99.8 cm³/mol. The van der Waals surface area contributed by atoms with Gasteiger partial charge in [-0.15, -0.1) is 0 Å². The van der Waals surface area contributed by atoms with Gasteiger partial charge in [0.25, 0.3) is 0 Å². The number of ketones is 1. The average molecular weight is 338 g/mol. The Balaban J connectivity index is 1.51. The smallest absolute Gasteiger partial charge is 0.222 e. The Labute approximate surface area is 149 Å². The molecule has 1 aromatic carbocycles. The van der Waals surface area contributed by atoms with Gasteiger partial charge in [-0.3, -0.25) is 9.69 Å². The molecule has 1 unspecified atom stereocenters. The van der Waals surface area contributed by atoms with Gasteiger partial charge in [-0.1, -0.05) is 24.3 Å². The van der Waals surface area contributed by atoms with E-state index in [0.717, 1.165) is 31.9 Å². The summed E-state index contributed by atoms with van der Waals surface area (Å²) in [5.41, 5.74) is 4.10. The number of rotatable bonds is 6. The fourth-order valence-corrected chi connectivity index (χ4v) is 3.38. The van der Waals surface area contributed by atoms with Gasteiger partial charge in [0.15, 0.2) is 5.78 Å². The Kier molecular flexibility index (Phi) is 5.43. The van der Waals surface area contributed by atoms with Crippen molar-refractivity contribution in [1.29, 1.82) is 0 Å². The van der Waals surface area contributed by atoms with Crippen LogP contribution in [0.4, 0.5) is 5.95 Å². The first-order valence-electron chi connectivity index (χ1n) is 8.88. The molecule has 5 nitrogen and oxygen atoms in total. The molecule has 0 aliphatic carbocycles. The van der Waals surface area contributed by atoms with Gasteiger partial charge in [-0.2, -0.15) is 0 Å². The van der Waals surface area contributed by atoms with Crippen LogP contribution in [0.15, 0.2) is 30.5 Å². The van der Waals surface area contributed by atoms with E-state index >= 15 is 0 Å². The molecule has 0 spiro atoms. The topological polar surface area (TPSA) is 58.1 Å². The standard InChI is InChI=1S/C20H26N4O/c1-14-6-4-5-7-18(14)13-24-9-8-17(12-24)10-21-20-22-11-19(16(3)25)15(2)23-20/h4-7,11,17H,8-10,12-13H2,1-3H3,(H,21,22,23). The number of carbonyl (C=O) groups is 1. The Morgan fingerprint density at radius 1 is 1.32 bits per heavy atom. The summed E-state index contributed by atoms with van der Waals surface area (Å²) >= 11 is 0. The van der Waals surface area contributed by atoms with Gasteiger partial charge < -0.3 is 5.32 Å². The maximum atomic E-state index is 11.4. The van der Waals surface area contributed by atoms with Crippen LogP contribution in [0.25, 0.3) is 0 Å². The van der Waals surface area contributed by atoms with Crippen LogP contribution in [-0.2, 0) is 6.54 Å². The highest BCUT2D eigenvalue weighted by Crippen LogP contribution is 2.20. The molecule has 2 aromatic rings. The summed E-state index contributed by atoms with van der Waals surface area (Å²) in [5, 5.41) is 3.33. The van der Waals surface area contributed by atoms with Crippen LogP contribution in [0.1, 0.15) is 40.5 Å². The van der Waals surface area contributed by atoms with E-state index in [9.17, 15) is 4.79 Å². The number of nitrogens with one attached hydrogen (secondary N) is 1. The van der Waals surface area contributed by atoms with Crippen molar-refractivity contribution < 1.29 is 4.79 Å². The minimum absolute atomic E-state index is 0.00619. The molecule has 25 heavy (non-hydrogen) atoms. The van der Waals surface area contributed by atoms with Crippen molar-refractivity contribution in [3.05, 3.63) is 52.8 Å². The van der Waals surface area contributed by atoms with Crippen LogP contribution in [0, 0.1) is 19.8 Å². The number of anilines is 1. The van der Waals surface area contributed by atoms with E-state index in [1.54, 1.807) is 13.1 Å². The molecule has 5 heteroatoms. The van der Waals surface area contributed by atoms with Crippen LogP contribution >= 0.6 is 0 Å². The molecule has 1 saturated heterocycles. The van der Waals surface area contributed by atoms with E-state index in [1.165, 1.54) is 17.5 Å². The minimum Gasteiger partial charge on any atom is -0.354 e. The van der Waals surface area contributed by atoms with E-state index in [0.29, 0.717) is 17.4 Å². The highest BCUT2D eigenvalue weighted by molar-refractivity contribution is 5.94. The summed E-state index contributed by atoms with van der Waals surface area (Å²) in [6, 6.07) is 8.60. The zero-order chi connectivity index (χ0) is 17.8. The minimum atomic E-state index is 0.00619. The second-order valence-electron chi connectivity index (χ2n) is 6.95. The maximum absolute atomic E-state index is 11.4. The van der Waals surface area contributed by atoms with Crippen LogP contribution in [0.5, 0.6) is 0 Å². The first-order valence-corrected chi connectivity index (χ1v) is 8.88. The number of likely N-dealkylation sites (tertiary alicyclic amines) is 1. The van der Waals surface area contributed by atoms with Gasteiger partial charge >= 0.3 is 0 Å². The van der Waals surface area contributed by atoms with Crippen molar-refractivity contribution in [3.8, 4) is 0 Å². The largest absolute Gasteiger partial charge is 0.354 e. The molecule has 1 fully saturated rings. The quantitative estimate of drug-likeness (QED) is 0.820. The first-order chi connectivity index (χ1) is 12.0. The van der Waals surface area contributed by atoms with Crippen LogP contribution in [0.2, 0.25) is 0 Å². The summed E-state index contributed by atoms with van der Waals surface area (Å²) in [4.78, 5) is 22.6. The van der Waals surface area contributed by atoms with Gasteiger partial charge in [-0.25, -0.2) is 9.97 Å². The molecule has 0 amide bonds. The maximum Gasteiger partial charge on any atom is 0.222 e. The predicted octanol–water partition coefficient (Wildman–Crippen LogP) is 3.23. The van der Waals surface area contributed by atoms with Crippen LogP contribution < -0.4 is 5.32 Å². The number of Topliss-reactive ketones (excluding diaryl/α,β-unsaturated/α-hetero) is 1. The van der Waals surface area contributed by atoms with Gasteiger partial charge in [0, 0.05) is 25.8 Å². The molecule has 2 heterocycles. The average Bonchev–Trinajstić information content (AvgIpc) is 3.02. The van der Waals surface area contributed by atoms with E-state index < -0.39 is 0 Å². The Bertz CT molecular complexity index is 759. The highest BCUT2D eigenvalue weighted by Gasteiger charge is 2.22. The van der Waals surface area contributed by atoms with Crippen LogP contribution in [0.3, 0.4) is 0 Å². The van der Waals surface area contributed by atoms with Crippen molar-refractivity contribution in [2.45, 2.75) is 33.7 Å². The first kappa shape index (κ1) is 17.5. The monoisotopic (exact) mass is 338 g/mol. The van der Waals surface area contributed by atoms with Gasteiger partial charge in [-0.05, 0) is 50.8 Å². The number of nitrogens with zero attached hydrogens (tertiary/aromatic N) is 3. The lowest BCUT2D eigenvalue weighted by Gasteiger charge is -2.17. The van der Waals surface area contributed by atoms with E-state index in [4.69, 9.17) is 0 Å². The number of benzene rings is 1. The van der Waals surface area contributed by atoms with E-state index in [2.05, 4.69) is 51.4 Å². The third-order valence-electron chi connectivity index (χ3n) is 4.93. The van der Waals surface area contributed by atoms with Gasteiger partial charge in [0.1, 0.15) is 0 Å². The molecule has 0 bridgehead atoms. The number of carbonyl (C=O) groups excluding carboxylic acids is 1. The second-order valence-corrected chi connectivity index (χ2v) is 6.95. The Morgan fingerprint density at radius 3 is 2.84 bits per heavy atom. The summed E-state index contributed by atoms with van der Waals surface area (Å²) in [7, 11) is 0. The fourth-order valence-electron chi connectivity index (χ4n) is 3.38. The van der Waals surface area contributed by atoms with E-state index in [-0.39, 0.29) is 5.78 Å². The van der Waals surface area contributed by atoms with Crippen molar-refractivity contribution in [2.75, 3.05) is 25.0 Å². The number of aromatic nitrogens is 2. The van der Waals surface area contributed by atoms with Gasteiger partial charge in [0.05, 0.1) is 11.3 Å². The summed E-state index contributed by atoms with van der Waals surface area (Å²) < 4.78 is 0. The lowest BCUT2D eigenvalue weighted by atomic mass is 10.1. The molecule has 0 radical (unpaired) electrons. The van der Waals surface area contributed by atoms with Crippen molar-refractivity contribution >= 4 is 11.7 Å². The molecule has 1 aliphatic heterocycles. The zero-order valence-corrected chi connectivity index (χ0v) is 15.2. The van der Waals surface area contributed by atoms with E-state index in [1.807, 2.05) is 6.92 Å². The molecule has 1 atom stereocenters. The Hall–Kier alpha value is -2.27. The SMILES string of the molecule is CC(=O)c1cnc(NCC2CCN(Cc3ccccc3C)C2)nc1C. The zero-order valence-electron chi connectivity index (χ0n) is 15.2. The summed E-state index contributed by atoms with van der Waals surface area (Å²) in [6.45, 7) is 9.67. The molecular weight excluding hydrogens is 312 g/mol. The third-order valence-corrected chi connectivity index (χ3v) is 4.93. The third kappa shape index (κ3) is 4.42. The molecule has 0 saturated carbocycles. The number of hydrogen-bond acceptors (Lipinski definition) is 5. The molecule has 3 rings (SSSR count). The Morgan fingerprint density at radius 2 is 2.12 bits per heavy atom. The lowest BCUT2D eigenvalue weighted by Crippen LogP contribution is -2.23. The summed E-state index contributed by atoms with van der Waals surface area (Å²) in [6.07, 6.45) is 2.80. The molecule has 132 valence electrons. The normalized spacial score (nSPS) is 17.6.